The van der Waals surface area contributed by atoms with Crippen molar-refractivity contribution in [1.29, 1.82) is 0 Å². The zero-order chi connectivity index (χ0) is 16.8. The van der Waals surface area contributed by atoms with Crippen molar-refractivity contribution in [2.45, 2.75) is 77.2 Å². The van der Waals surface area contributed by atoms with Crippen LogP contribution in [0.5, 0.6) is 0 Å². The number of likely N-dealkylation sites (N-methyl/N-ethyl adjacent to an activating group) is 1. The lowest BCUT2D eigenvalue weighted by molar-refractivity contribution is -0.125. The van der Waals surface area contributed by atoms with Crippen LogP contribution in [0.4, 0.5) is 0 Å². The van der Waals surface area contributed by atoms with Crippen LogP contribution < -0.4 is 0 Å². The van der Waals surface area contributed by atoms with Crippen LogP contribution >= 0.6 is 11.8 Å². The number of nitrogens with zero attached hydrogens (tertiary/aromatic N) is 1. The molecule has 1 aliphatic heterocycles. The molecule has 0 aromatic carbocycles. The Morgan fingerprint density at radius 2 is 1.73 bits per heavy atom. The van der Waals surface area contributed by atoms with Crippen LogP contribution in [0.25, 0.3) is 0 Å². The Bertz CT molecular complexity index is 433. The van der Waals surface area contributed by atoms with Crippen molar-refractivity contribution in [2.75, 3.05) is 13.1 Å². The van der Waals surface area contributed by atoms with Crippen LogP contribution in [0.15, 0.2) is 23.3 Å². The number of carbonyl (C=O) groups excluding carboxylic acids is 1. The molecule has 1 amide bonds. The van der Waals surface area contributed by atoms with Gasteiger partial charge in [-0.3, -0.25) is 4.79 Å². The summed E-state index contributed by atoms with van der Waals surface area (Å²) in [5.74, 6) is 0.149. The standard InChI is InChI=1S/C19H33NOS/c1-7-20(8-2)18(21)14-16(4)11-9-10-15(3)12-13-17-19(5,6)22-17/h10,14,17H,7-9,11-13H2,1-6H3. The third kappa shape index (κ3) is 6.60. The number of rotatable bonds is 9. The summed E-state index contributed by atoms with van der Waals surface area (Å²) in [6, 6.07) is 0. The van der Waals surface area contributed by atoms with E-state index in [0.717, 1.165) is 31.2 Å². The maximum absolute atomic E-state index is 12.0. The highest BCUT2D eigenvalue weighted by molar-refractivity contribution is 8.08. The molecule has 22 heavy (non-hydrogen) atoms. The van der Waals surface area contributed by atoms with Crippen LogP contribution in [0.1, 0.15) is 67.2 Å². The summed E-state index contributed by atoms with van der Waals surface area (Å²) in [5, 5.41) is 0.851. The first-order valence-corrected chi connectivity index (χ1v) is 9.47. The van der Waals surface area contributed by atoms with Crippen molar-refractivity contribution < 1.29 is 4.79 Å². The molecule has 0 bridgehead atoms. The Morgan fingerprint density at radius 1 is 1.14 bits per heavy atom. The van der Waals surface area contributed by atoms with E-state index >= 15 is 0 Å². The second-order valence-electron chi connectivity index (χ2n) is 6.84. The summed E-state index contributed by atoms with van der Waals surface area (Å²) >= 11 is 2.10. The van der Waals surface area contributed by atoms with Gasteiger partial charge in [-0.15, -0.1) is 11.8 Å². The molecular formula is C19H33NOS. The predicted octanol–water partition coefficient (Wildman–Crippen LogP) is 5.20. The van der Waals surface area contributed by atoms with Gasteiger partial charge in [-0.2, -0.15) is 0 Å². The van der Waals surface area contributed by atoms with Crippen molar-refractivity contribution in [3.8, 4) is 0 Å². The van der Waals surface area contributed by atoms with Crippen LogP contribution in [0.2, 0.25) is 0 Å². The number of thioether (sulfide) groups is 1. The predicted molar refractivity (Wildman–Crippen MR) is 99.4 cm³/mol. The minimum atomic E-state index is 0.149. The maximum Gasteiger partial charge on any atom is 0.246 e. The van der Waals surface area contributed by atoms with Gasteiger partial charge < -0.3 is 4.90 Å². The molecule has 1 aliphatic rings. The van der Waals surface area contributed by atoms with Crippen molar-refractivity contribution in [1.82, 2.24) is 4.90 Å². The van der Waals surface area contributed by atoms with E-state index in [1.54, 1.807) is 6.08 Å². The SMILES string of the molecule is CCN(CC)C(=O)C=C(C)CCC=C(C)CCC1SC1(C)C. The molecule has 1 fully saturated rings. The molecule has 0 saturated carbocycles. The quantitative estimate of drug-likeness (QED) is 0.330. The fourth-order valence-electron chi connectivity index (χ4n) is 2.66. The molecular weight excluding hydrogens is 290 g/mol. The van der Waals surface area contributed by atoms with Gasteiger partial charge in [0.2, 0.25) is 5.91 Å². The lowest BCUT2D eigenvalue weighted by Gasteiger charge is -2.16. The van der Waals surface area contributed by atoms with Gasteiger partial charge in [-0.25, -0.2) is 0 Å². The summed E-state index contributed by atoms with van der Waals surface area (Å²) in [6.07, 6.45) is 8.69. The lowest BCUT2D eigenvalue weighted by Crippen LogP contribution is -2.28. The molecule has 1 heterocycles. The molecule has 2 nitrogen and oxygen atoms in total. The molecule has 1 atom stereocenters. The highest BCUT2D eigenvalue weighted by Gasteiger charge is 2.45. The van der Waals surface area contributed by atoms with Crippen LogP contribution in [0.3, 0.4) is 0 Å². The van der Waals surface area contributed by atoms with Gasteiger partial charge in [-0.05, 0) is 67.2 Å². The zero-order valence-corrected chi connectivity index (χ0v) is 16.1. The van der Waals surface area contributed by atoms with Crippen LogP contribution in [-0.4, -0.2) is 33.9 Å². The third-order valence-electron chi connectivity index (χ3n) is 4.44. The summed E-state index contributed by atoms with van der Waals surface area (Å²) in [6.45, 7) is 14.6. The fourth-order valence-corrected chi connectivity index (χ4v) is 3.67. The Labute approximate surface area is 141 Å². The van der Waals surface area contributed by atoms with Crippen molar-refractivity contribution >= 4 is 17.7 Å². The van der Waals surface area contributed by atoms with Gasteiger partial charge in [0, 0.05) is 29.2 Å². The summed E-state index contributed by atoms with van der Waals surface area (Å²) in [7, 11) is 0. The van der Waals surface area contributed by atoms with Crippen molar-refractivity contribution in [3.05, 3.63) is 23.3 Å². The Morgan fingerprint density at radius 3 is 2.23 bits per heavy atom. The minimum Gasteiger partial charge on any atom is -0.340 e. The normalized spacial score (nSPS) is 20.9. The topological polar surface area (TPSA) is 20.3 Å². The van der Waals surface area contributed by atoms with E-state index in [1.165, 1.54) is 24.0 Å². The summed E-state index contributed by atoms with van der Waals surface area (Å²) in [4.78, 5) is 13.9. The molecule has 0 radical (unpaired) electrons. The average molecular weight is 324 g/mol. The van der Waals surface area contributed by atoms with Crippen molar-refractivity contribution in [2.24, 2.45) is 0 Å². The Balaban J connectivity index is 2.29. The van der Waals surface area contributed by atoms with Crippen LogP contribution in [0, 0.1) is 0 Å². The van der Waals surface area contributed by atoms with E-state index in [4.69, 9.17) is 0 Å². The summed E-state index contributed by atoms with van der Waals surface area (Å²) < 4.78 is 0.518. The zero-order valence-electron chi connectivity index (χ0n) is 15.2. The third-order valence-corrected chi connectivity index (χ3v) is 6.19. The second-order valence-corrected chi connectivity index (χ2v) is 8.70. The first kappa shape index (κ1) is 19.3. The van der Waals surface area contributed by atoms with E-state index in [2.05, 4.69) is 45.5 Å². The van der Waals surface area contributed by atoms with Gasteiger partial charge in [0.05, 0.1) is 0 Å². The molecule has 0 spiro atoms. The van der Waals surface area contributed by atoms with Gasteiger partial charge in [0.15, 0.2) is 0 Å². The van der Waals surface area contributed by atoms with Gasteiger partial charge in [-0.1, -0.05) is 17.2 Å². The number of hydrogen-bond acceptors (Lipinski definition) is 2. The number of hydrogen-bond donors (Lipinski definition) is 0. The van der Waals surface area contributed by atoms with E-state index in [-0.39, 0.29) is 5.91 Å². The molecule has 1 unspecified atom stereocenters. The lowest BCUT2D eigenvalue weighted by atomic mass is 10.0. The number of amides is 1. The number of allylic oxidation sites excluding steroid dienone is 3. The van der Waals surface area contributed by atoms with E-state index in [9.17, 15) is 4.79 Å². The first-order valence-electron chi connectivity index (χ1n) is 8.59. The van der Waals surface area contributed by atoms with E-state index in [0.29, 0.717) is 4.75 Å². The molecule has 0 aliphatic carbocycles. The fraction of sp³-hybridized carbons (Fsp3) is 0.737. The Hall–Kier alpha value is -0.700. The average Bonchev–Trinajstić information content (AvgIpc) is 3.05. The van der Waals surface area contributed by atoms with E-state index in [1.807, 2.05) is 18.7 Å². The van der Waals surface area contributed by atoms with Crippen LogP contribution in [-0.2, 0) is 4.79 Å². The monoisotopic (exact) mass is 323 g/mol. The molecule has 1 saturated heterocycles. The maximum atomic E-state index is 12.0. The largest absolute Gasteiger partial charge is 0.340 e. The second kappa shape index (κ2) is 8.81. The van der Waals surface area contributed by atoms with E-state index < -0.39 is 0 Å². The number of carbonyl (C=O) groups is 1. The molecule has 3 heteroatoms. The molecule has 0 aromatic rings. The van der Waals surface area contributed by atoms with Gasteiger partial charge in [0.25, 0.3) is 0 Å². The molecule has 1 rings (SSSR count). The first-order chi connectivity index (χ1) is 10.3. The minimum absolute atomic E-state index is 0.149. The molecule has 0 aromatic heterocycles. The highest BCUT2D eigenvalue weighted by atomic mass is 32.2. The smallest absolute Gasteiger partial charge is 0.246 e. The Kier molecular flexibility index (Phi) is 7.75. The van der Waals surface area contributed by atoms with Gasteiger partial charge in [0.1, 0.15) is 0 Å². The van der Waals surface area contributed by atoms with Crippen molar-refractivity contribution in [3.63, 3.8) is 0 Å². The summed E-state index contributed by atoms with van der Waals surface area (Å²) in [5.41, 5.74) is 2.67. The molecule has 126 valence electrons. The highest BCUT2D eigenvalue weighted by Crippen LogP contribution is 2.55. The molecule has 0 N–H and O–H groups in total. The van der Waals surface area contributed by atoms with Gasteiger partial charge >= 0.3 is 0 Å².